The first-order valence-corrected chi connectivity index (χ1v) is 10.6. The summed E-state index contributed by atoms with van der Waals surface area (Å²) in [6.07, 6.45) is 0.236. The molecule has 2 heterocycles. The maximum atomic E-state index is 15.0. The van der Waals surface area contributed by atoms with Crippen LogP contribution in [-0.4, -0.2) is 27.7 Å². The third-order valence-electron chi connectivity index (χ3n) is 6.06. The molecule has 1 aromatic heterocycles. The molecule has 0 bridgehead atoms. The molecule has 1 saturated heterocycles. The summed E-state index contributed by atoms with van der Waals surface area (Å²) < 4.78 is 73.9. The van der Waals surface area contributed by atoms with E-state index in [-0.39, 0.29) is 11.1 Å². The molecule has 33 heavy (non-hydrogen) atoms. The molecule has 0 amide bonds. The van der Waals surface area contributed by atoms with Gasteiger partial charge in [0.15, 0.2) is 29.6 Å². The molecule has 0 spiro atoms. The number of H-pyrrole nitrogens is 1. The van der Waals surface area contributed by atoms with Gasteiger partial charge in [-0.15, -0.1) is 0 Å². The number of rotatable bonds is 4. The summed E-state index contributed by atoms with van der Waals surface area (Å²) in [5, 5.41) is 0. The Morgan fingerprint density at radius 2 is 1.52 bits per heavy atom. The minimum atomic E-state index is -1.47. The molecule has 4 aromatic rings. The van der Waals surface area contributed by atoms with Crippen LogP contribution in [0.4, 0.5) is 22.0 Å². The van der Waals surface area contributed by atoms with Crippen LogP contribution in [0.3, 0.4) is 0 Å². The van der Waals surface area contributed by atoms with Crippen molar-refractivity contribution in [3.8, 4) is 22.3 Å². The van der Waals surface area contributed by atoms with Crippen molar-refractivity contribution in [2.45, 2.75) is 32.6 Å². The lowest BCUT2D eigenvalue weighted by atomic mass is 9.96. The van der Waals surface area contributed by atoms with Gasteiger partial charge in [-0.1, -0.05) is 30.3 Å². The van der Waals surface area contributed by atoms with Gasteiger partial charge >= 0.3 is 0 Å². The first kappa shape index (κ1) is 21.6. The summed E-state index contributed by atoms with van der Waals surface area (Å²) in [5.74, 6) is -5.28. The van der Waals surface area contributed by atoms with Gasteiger partial charge in [0.25, 0.3) is 0 Å². The van der Waals surface area contributed by atoms with Crippen molar-refractivity contribution in [2.24, 2.45) is 0 Å². The molecule has 1 fully saturated rings. The van der Waals surface area contributed by atoms with E-state index in [0.717, 1.165) is 12.0 Å². The minimum absolute atomic E-state index is 0.00374. The van der Waals surface area contributed by atoms with E-state index >= 15 is 17.6 Å². The van der Waals surface area contributed by atoms with Gasteiger partial charge in [-0.25, -0.2) is 26.9 Å². The number of aryl methyl sites for hydroxylation is 1. The van der Waals surface area contributed by atoms with E-state index in [1.54, 1.807) is 24.0 Å². The molecule has 8 heteroatoms. The number of fused-ring (bicyclic) bond motifs is 1. The number of alkyl halides is 1. The van der Waals surface area contributed by atoms with Crippen molar-refractivity contribution < 1.29 is 22.0 Å². The Labute approximate surface area is 186 Å². The zero-order valence-electron chi connectivity index (χ0n) is 17.7. The second-order valence-electron chi connectivity index (χ2n) is 8.30. The minimum Gasteiger partial charge on any atom is -0.342 e. The van der Waals surface area contributed by atoms with Crippen LogP contribution in [0.2, 0.25) is 0 Å². The molecular formula is C25H20F5N3. The third-order valence-corrected chi connectivity index (χ3v) is 6.06. The van der Waals surface area contributed by atoms with Crippen molar-refractivity contribution in [2.75, 3.05) is 6.54 Å². The number of aromatic amines is 1. The highest BCUT2D eigenvalue weighted by atomic mass is 19.2. The number of imidazole rings is 1. The Bertz CT molecular complexity index is 1320. The van der Waals surface area contributed by atoms with Crippen LogP contribution < -0.4 is 0 Å². The zero-order valence-corrected chi connectivity index (χ0v) is 17.7. The molecule has 1 N–H and O–H groups in total. The quantitative estimate of drug-likeness (QED) is 0.211. The molecule has 0 aliphatic carbocycles. The molecule has 170 valence electrons. The Balaban J connectivity index is 1.52. The van der Waals surface area contributed by atoms with Crippen molar-refractivity contribution in [3.63, 3.8) is 0 Å². The number of hydrogen-bond donors (Lipinski definition) is 1. The standard InChI is InChI=1S/C25H20F5N3/c1-13-31-17-9-8-16(11-18(17)32-13)21-24(29)22(27)20(23(28)25(21)30)15-6-4-14(5-7-15)12-33-10-2-3-19(33)26/h4-9,11,19H,2-3,10,12H2,1H3,(H,31,32). The van der Waals surface area contributed by atoms with Crippen LogP contribution in [0.1, 0.15) is 24.2 Å². The van der Waals surface area contributed by atoms with Crippen molar-refractivity contribution in [1.29, 1.82) is 0 Å². The SMILES string of the molecule is Cc1nc2ccc(-c3c(F)c(F)c(-c4ccc(CN5CCCC5F)cc4)c(F)c3F)cc2[nH]1. The summed E-state index contributed by atoms with van der Waals surface area (Å²) in [6, 6.07) is 10.2. The fraction of sp³-hybridized carbons (Fsp3) is 0.240. The summed E-state index contributed by atoms with van der Waals surface area (Å²) >= 11 is 0. The monoisotopic (exact) mass is 457 g/mol. The topological polar surface area (TPSA) is 31.9 Å². The van der Waals surface area contributed by atoms with E-state index < -0.39 is 40.7 Å². The second kappa shape index (κ2) is 8.26. The van der Waals surface area contributed by atoms with Crippen molar-refractivity contribution in [3.05, 3.63) is 77.1 Å². The molecular weight excluding hydrogens is 437 g/mol. The summed E-state index contributed by atoms with van der Waals surface area (Å²) in [7, 11) is 0. The van der Waals surface area contributed by atoms with Gasteiger partial charge < -0.3 is 4.98 Å². The van der Waals surface area contributed by atoms with Crippen LogP contribution in [-0.2, 0) is 6.54 Å². The summed E-state index contributed by atoms with van der Waals surface area (Å²) in [4.78, 5) is 8.82. The largest absolute Gasteiger partial charge is 0.342 e. The van der Waals surface area contributed by atoms with Gasteiger partial charge in [0.05, 0.1) is 22.2 Å². The maximum absolute atomic E-state index is 15.0. The molecule has 3 nitrogen and oxygen atoms in total. The fourth-order valence-electron chi connectivity index (χ4n) is 4.41. The van der Waals surface area contributed by atoms with Crippen molar-refractivity contribution in [1.82, 2.24) is 14.9 Å². The van der Waals surface area contributed by atoms with Crippen LogP contribution in [0, 0.1) is 30.2 Å². The highest BCUT2D eigenvalue weighted by molar-refractivity contribution is 5.83. The van der Waals surface area contributed by atoms with Gasteiger partial charge in [0.1, 0.15) is 5.82 Å². The third kappa shape index (κ3) is 3.78. The molecule has 1 atom stereocenters. The van der Waals surface area contributed by atoms with Gasteiger partial charge in [-0.05, 0) is 48.6 Å². The normalized spacial score (nSPS) is 16.7. The van der Waals surface area contributed by atoms with Crippen LogP contribution in [0.15, 0.2) is 42.5 Å². The Kier molecular flexibility index (Phi) is 5.40. The summed E-state index contributed by atoms with van der Waals surface area (Å²) in [5.41, 5.74) is 0.249. The molecule has 1 aliphatic heterocycles. The lowest BCUT2D eigenvalue weighted by molar-refractivity contribution is 0.120. The average Bonchev–Trinajstić information content (AvgIpc) is 3.37. The first-order chi connectivity index (χ1) is 15.8. The average molecular weight is 457 g/mol. The molecule has 1 unspecified atom stereocenters. The van der Waals surface area contributed by atoms with Gasteiger partial charge in [0, 0.05) is 13.1 Å². The predicted octanol–water partition coefficient (Wildman–Crippen LogP) is 6.65. The Morgan fingerprint density at radius 1 is 0.909 bits per heavy atom. The van der Waals surface area contributed by atoms with Crippen LogP contribution in [0.5, 0.6) is 0 Å². The molecule has 3 aromatic carbocycles. The second-order valence-corrected chi connectivity index (χ2v) is 8.30. The summed E-state index contributed by atoms with van der Waals surface area (Å²) in [6.45, 7) is 2.71. The number of nitrogens with zero attached hydrogens (tertiary/aromatic N) is 2. The molecule has 1 aliphatic rings. The number of benzene rings is 3. The van der Waals surface area contributed by atoms with Crippen LogP contribution >= 0.6 is 0 Å². The zero-order chi connectivity index (χ0) is 23.3. The number of aromatic nitrogens is 2. The smallest absolute Gasteiger partial charge is 0.170 e. The Morgan fingerprint density at radius 3 is 2.12 bits per heavy atom. The molecule has 0 radical (unpaired) electrons. The van der Waals surface area contributed by atoms with E-state index in [0.29, 0.717) is 36.4 Å². The van der Waals surface area contributed by atoms with Crippen LogP contribution in [0.25, 0.3) is 33.3 Å². The Hall–Kier alpha value is -3.26. The molecule has 5 rings (SSSR count). The lowest BCUT2D eigenvalue weighted by Crippen LogP contribution is -2.25. The number of hydrogen-bond acceptors (Lipinski definition) is 2. The van der Waals surface area contributed by atoms with Crippen molar-refractivity contribution >= 4 is 11.0 Å². The van der Waals surface area contributed by atoms with E-state index in [9.17, 15) is 4.39 Å². The van der Waals surface area contributed by atoms with E-state index in [1.165, 1.54) is 30.3 Å². The predicted molar refractivity (Wildman–Crippen MR) is 116 cm³/mol. The number of likely N-dealkylation sites (tertiary alicyclic amines) is 1. The molecule has 0 saturated carbocycles. The van der Waals surface area contributed by atoms with E-state index in [4.69, 9.17) is 0 Å². The number of halogens is 5. The maximum Gasteiger partial charge on any atom is 0.170 e. The fourth-order valence-corrected chi connectivity index (χ4v) is 4.41. The van der Waals surface area contributed by atoms with Gasteiger partial charge in [-0.2, -0.15) is 0 Å². The van der Waals surface area contributed by atoms with Gasteiger partial charge in [0.2, 0.25) is 0 Å². The van der Waals surface area contributed by atoms with E-state index in [1.807, 2.05) is 0 Å². The van der Waals surface area contributed by atoms with Gasteiger partial charge in [-0.3, -0.25) is 4.90 Å². The highest BCUT2D eigenvalue weighted by Gasteiger charge is 2.28. The number of nitrogens with one attached hydrogen (secondary N) is 1. The highest BCUT2D eigenvalue weighted by Crippen LogP contribution is 2.37. The lowest BCUT2D eigenvalue weighted by Gasteiger charge is -2.18. The van der Waals surface area contributed by atoms with E-state index in [2.05, 4.69) is 9.97 Å². The first-order valence-electron chi connectivity index (χ1n) is 10.6.